The van der Waals surface area contributed by atoms with Crippen molar-refractivity contribution in [3.8, 4) is 0 Å². The van der Waals surface area contributed by atoms with Crippen LogP contribution in [-0.2, 0) is 47.6 Å². The summed E-state index contributed by atoms with van der Waals surface area (Å²) >= 11 is 0. The van der Waals surface area contributed by atoms with Crippen LogP contribution in [0.15, 0.2) is 24.3 Å². The van der Waals surface area contributed by atoms with Gasteiger partial charge in [-0.1, -0.05) is 12.1 Å². The molecule has 1 fully saturated rings. The van der Waals surface area contributed by atoms with Gasteiger partial charge in [0.2, 0.25) is 6.29 Å². The molecule has 0 aliphatic carbocycles. The van der Waals surface area contributed by atoms with Crippen LogP contribution in [0.1, 0.15) is 41.5 Å². The standard InChI is InChI=1S/C21H20F3NO12S/c1-9(26)33-8-14-16(34-10(2)27)17(35-11(3)28)15(20(36-14)37-38(31,32)21(22,23)24)25-18(29)12-6-4-5-7-13(12)19(25)30/h4-7,14-17,20H,8H2,1-3H3/t14-,15-,16-,17-,20-/m1/s1. The van der Waals surface area contributed by atoms with E-state index in [-0.39, 0.29) is 11.1 Å². The zero-order chi connectivity index (χ0) is 28.6. The zero-order valence-electron chi connectivity index (χ0n) is 19.8. The Labute approximate surface area is 212 Å². The van der Waals surface area contributed by atoms with Crippen LogP contribution in [0.2, 0.25) is 0 Å². The van der Waals surface area contributed by atoms with E-state index >= 15 is 0 Å². The van der Waals surface area contributed by atoms with Gasteiger partial charge in [0.1, 0.15) is 18.8 Å². The van der Waals surface area contributed by atoms with Crippen molar-refractivity contribution in [3.63, 3.8) is 0 Å². The molecule has 13 nitrogen and oxygen atoms in total. The van der Waals surface area contributed by atoms with Crippen LogP contribution in [0.4, 0.5) is 13.2 Å². The molecule has 2 aliphatic rings. The lowest BCUT2D eigenvalue weighted by Gasteiger charge is -2.46. The largest absolute Gasteiger partial charge is 0.523 e. The topological polar surface area (TPSA) is 169 Å². The highest BCUT2D eigenvalue weighted by molar-refractivity contribution is 7.87. The molecule has 1 aromatic rings. The Morgan fingerprint density at radius 1 is 0.921 bits per heavy atom. The summed E-state index contributed by atoms with van der Waals surface area (Å²) in [4.78, 5) is 61.9. The number of rotatable bonds is 7. The van der Waals surface area contributed by atoms with Gasteiger partial charge in [-0.2, -0.15) is 21.6 Å². The zero-order valence-corrected chi connectivity index (χ0v) is 20.6. The summed E-state index contributed by atoms with van der Waals surface area (Å²) in [5.41, 5.74) is -6.39. The summed E-state index contributed by atoms with van der Waals surface area (Å²) in [5, 5.41) is 0. The maximum atomic E-state index is 13.2. The van der Waals surface area contributed by atoms with Gasteiger partial charge >= 0.3 is 33.5 Å². The van der Waals surface area contributed by atoms with E-state index in [2.05, 4.69) is 4.18 Å². The first-order valence-electron chi connectivity index (χ1n) is 10.6. The molecule has 3 rings (SSSR count). The highest BCUT2D eigenvalue weighted by Crippen LogP contribution is 2.37. The van der Waals surface area contributed by atoms with Crippen LogP contribution in [0.25, 0.3) is 0 Å². The number of carbonyl (C=O) groups is 5. The van der Waals surface area contributed by atoms with Gasteiger partial charge < -0.3 is 18.9 Å². The molecule has 0 bridgehead atoms. The number of fused-ring (bicyclic) bond motifs is 1. The van der Waals surface area contributed by atoms with Crippen LogP contribution in [0.3, 0.4) is 0 Å². The molecule has 0 radical (unpaired) electrons. The quantitative estimate of drug-likeness (QED) is 0.149. The summed E-state index contributed by atoms with van der Waals surface area (Å²) in [6.07, 6.45) is -8.26. The van der Waals surface area contributed by atoms with E-state index in [0.29, 0.717) is 4.90 Å². The maximum absolute atomic E-state index is 13.2. The second-order valence-electron chi connectivity index (χ2n) is 8.01. The Bertz CT molecular complexity index is 1230. The molecule has 0 aromatic heterocycles. The van der Waals surface area contributed by atoms with Gasteiger partial charge in [-0.15, -0.1) is 0 Å². The third-order valence-electron chi connectivity index (χ3n) is 5.30. The number of nitrogens with zero attached hydrogens (tertiary/aromatic N) is 1. The van der Waals surface area contributed by atoms with Crippen LogP contribution < -0.4 is 0 Å². The number of carbonyl (C=O) groups excluding carboxylic acids is 5. The van der Waals surface area contributed by atoms with E-state index < -0.39 is 82.6 Å². The maximum Gasteiger partial charge on any atom is 0.523 e. The van der Waals surface area contributed by atoms with E-state index in [1.54, 1.807) is 0 Å². The fraction of sp³-hybridized carbons (Fsp3) is 0.476. The van der Waals surface area contributed by atoms with Crippen molar-refractivity contribution >= 4 is 39.8 Å². The Morgan fingerprint density at radius 3 is 1.87 bits per heavy atom. The minimum Gasteiger partial charge on any atom is -0.463 e. The molecule has 0 spiro atoms. The lowest BCUT2D eigenvalue weighted by molar-refractivity contribution is -0.266. The van der Waals surface area contributed by atoms with Crippen molar-refractivity contribution in [1.29, 1.82) is 0 Å². The van der Waals surface area contributed by atoms with Crippen molar-refractivity contribution in [3.05, 3.63) is 35.4 Å². The smallest absolute Gasteiger partial charge is 0.463 e. The van der Waals surface area contributed by atoms with Gasteiger partial charge in [0.15, 0.2) is 12.2 Å². The number of amides is 2. The fourth-order valence-corrected chi connectivity index (χ4v) is 4.41. The molecule has 5 atom stereocenters. The molecule has 2 amide bonds. The number of hydrogen-bond acceptors (Lipinski definition) is 12. The van der Waals surface area contributed by atoms with Crippen LogP contribution in [0, 0.1) is 0 Å². The Hall–Kier alpha value is -3.57. The lowest BCUT2D eigenvalue weighted by atomic mass is 9.95. The molecule has 17 heteroatoms. The summed E-state index contributed by atoms with van der Waals surface area (Å²) in [7, 11) is -6.44. The van der Waals surface area contributed by atoms with Crippen molar-refractivity contribution in [2.75, 3.05) is 6.61 Å². The summed E-state index contributed by atoms with van der Waals surface area (Å²) in [6.45, 7) is 1.87. The summed E-state index contributed by atoms with van der Waals surface area (Å²) in [5.74, 6) is -5.31. The number of halogens is 3. The van der Waals surface area contributed by atoms with Gasteiger partial charge in [-0.3, -0.25) is 28.9 Å². The third kappa shape index (κ3) is 5.78. The minimum absolute atomic E-state index is 0.206. The minimum atomic E-state index is -6.44. The van der Waals surface area contributed by atoms with Crippen LogP contribution >= 0.6 is 0 Å². The number of esters is 3. The monoisotopic (exact) mass is 567 g/mol. The highest BCUT2D eigenvalue weighted by atomic mass is 32.2. The molecule has 1 aromatic carbocycles. The molecule has 0 unspecified atom stereocenters. The lowest BCUT2D eigenvalue weighted by Crippen LogP contribution is -2.68. The Balaban J connectivity index is 2.19. The highest BCUT2D eigenvalue weighted by Gasteiger charge is 2.60. The van der Waals surface area contributed by atoms with Crippen LogP contribution in [0.5, 0.6) is 0 Å². The molecule has 0 N–H and O–H groups in total. The van der Waals surface area contributed by atoms with Crippen molar-refractivity contribution in [1.82, 2.24) is 4.90 Å². The van der Waals surface area contributed by atoms with Crippen LogP contribution in [-0.4, -0.2) is 85.8 Å². The molecule has 1 saturated heterocycles. The summed E-state index contributed by atoms with van der Waals surface area (Å²) in [6, 6.07) is 2.98. The average molecular weight is 567 g/mol. The average Bonchev–Trinajstić information content (AvgIpc) is 3.03. The Morgan fingerprint density at radius 2 is 1.42 bits per heavy atom. The van der Waals surface area contributed by atoms with Crippen molar-refractivity contribution in [2.45, 2.75) is 56.9 Å². The number of imide groups is 1. The molecule has 2 heterocycles. The number of benzene rings is 1. The second kappa shape index (κ2) is 10.7. The second-order valence-corrected chi connectivity index (χ2v) is 9.57. The molecule has 0 saturated carbocycles. The molecule has 38 heavy (non-hydrogen) atoms. The van der Waals surface area contributed by atoms with Crippen molar-refractivity contribution < 1.29 is 68.7 Å². The van der Waals surface area contributed by atoms with E-state index in [1.165, 1.54) is 24.3 Å². The molecular weight excluding hydrogens is 547 g/mol. The first kappa shape index (κ1) is 29.0. The molecular formula is C21H20F3NO12S. The van der Waals surface area contributed by atoms with E-state index in [0.717, 1.165) is 20.8 Å². The van der Waals surface area contributed by atoms with E-state index in [1.807, 2.05) is 0 Å². The first-order chi connectivity index (χ1) is 17.5. The summed E-state index contributed by atoms with van der Waals surface area (Å²) < 4.78 is 88.2. The van der Waals surface area contributed by atoms with E-state index in [9.17, 15) is 45.6 Å². The number of ether oxygens (including phenoxy) is 4. The van der Waals surface area contributed by atoms with E-state index in [4.69, 9.17) is 18.9 Å². The van der Waals surface area contributed by atoms with Crippen molar-refractivity contribution in [2.24, 2.45) is 0 Å². The molecule has 208 valence electrons. The molecule has 2 aliphatic heterocycles. The number of alkyl halides is 3. The van der Waals surface area contributed by atoms with Gasteiger partial charge in [-0.05, 0) is 12.1 Å². The van der Waals surface area contributed by atoms with Gasteiger partial charge in [0, 0.05) is 20.8 Å². The van der Waals surface area contributed by atoms with Gasteiger partial charge in [0.05, 0.1) is 11.1 Å². The first-order valence-corrected chi connectivity index (χ1v) is 12.1. The normalized spacial score (nSPS) is 25.5. The van der Waals surface area contributed by atoms with Gasteiger partial charge in [0.25, 0.3) is 11.8 Å². The Kier molecular flexibility index (Phi) is 8.13. The predicted molar refractivity (Wildman–Crippen MR) is 113 cm³/mol. The third-order valence-corrected chi connectivity index (χ3v) is 6.31. The van der Waals surface area contributed by atoms with Gasteiger partial charge in [-0.25, -0.2) is 4.18 Å². The number of hydrogen-bond donors (Lipinski definition) is 0. The fourth-order valence-electron chi connectivity index (χ4n) is 3.89. The predicted octanol–water partition coefficient (Wildman–Crippen LogP) is 0.669. The SMILES string of the molecule is CC(=O)OC[C@H]1O[C@H](OS(=O)(=O)C(F)(F)F)[C@H](N2C(=O)c3ccccc3C2=O)[C@@H](OC(C)=O)[C@@H]1OC(C)=O.